The summed E-state index contributed by atoms with van der Waals surface area (Å²) in [5.74, 6) is 4.14. The number of methoxy groups -OCH3 is 1. The molecule has 0 aliphatic rings. The second kappa shape index (κ2) is 10.9. The Labute approximate surface area is 182 Å². The van der Waals surface area contributed by atoms with Crippen molar-refractivity contribution in [3.8, 4) is 11.8 Å². The highest BCUT2D eigenvalue weighted by Crippen LogP contribution is 2.36. The Morgan fingerprint density at radius 2 is 1.77 bits per heavy atom. The molecule has 8 heteroatoms. The van der Waals surface area contributed by atoms with Crippen molar-refractivity contribution >= 4 is 24.3 Å². The monoisotopic (exact) mass is 451 g/mol. The van der Waals surface area contributed by atoms with E-state index in [0.717, 1.165) is 5.56 Å². The van der Waals surface area contributed by atoms with Crippen molar-refractivity contribution < 1.29 is 22.4 Å². The average molecular weight is 452 g/mol. The van der Waals surface area contributed by atoms with Gasteiger partial charge in [-0.2, -0.15) is 4.31 Å². The van der Waals surface area contributed by atoms with E-state index in [1.165, 1.54) is 11.4 Å². The summed E-state index contributed by atoms with van der Waals surface area (Å²) in [5, 5.41) is 0.102. The Balaban J connectivity index is 2.95. The summed E-state index contributed by atoms with van der Waals surface area (Å²) in [6.45, 7) is 13.1. The molecule has 0 heterocycles. The van der Waals surface area contributed by atoms with Crippen LogP contribution in [0.15, 0.2) is 41.3 Å². The average Bonchev–Trinajstić information content (AvgIpc) is 2.65. The van der Waals surface area contributed by atoms with Gasteiger partial charge in [0.2, 0.25) is 10.0 Å². The molecular formula is C22H33NO5SSi. The number of hydrogen-bond acceptors (Lipinski definition) is 5. The topological polar surface area (TPSA) is 72.9 Å². The molecule has 1 aromatic carbocycles. The van der Waals surface area contributed by atoms with E-state index in [0.29, 0.717) is 6.61 Å². The molecule has 0 aliphatic heterocycles. The van der Waals surface area contributed by atoms with E-state index in [1.54, 1.807) is 30.3 Å². The number of sulfonamides is 1. The molecule has 1 rings (SSSR count). The number of rotatable bonds is 8. The predicted octanol–water partition coefficient (Wildman–Crippen LogP) is 3.74. The molecule has 0 fully saturated rings. The van der Waals surface area contributed by atoms with Crippen molar-refractivity contribution in [3.63, 3.8) is 0 Å². The molecule has 0 aliphatic carbocycles. The number of carbonyl (C=O) groups excluding carboxylic acids is 1. The SMILES string of the molecule is COC(=O)C#CCN(C/C=C\CO[Si](C)(C)C(C)(C)C)S(=O)(=O)c1ccc(C)cc1. The minimum atomic E-state index is -3.77. The summed E-state index contributed by atoms with van der Waals surface area (Å²) in [5.41, 5.74) is 0.966. The summed E-state index contributed by atoms with van der Waals surface area (Å²) in [4.78, 5) is 11.4. The number of benzene rings is 1. The lowest BCUT2D eigenvalue weighted by Crippen LogP contribution is -2.40. The van der Waals surface area contributed by atoms with E-state index in [-0.39, 0.29) is 23.0 Å². The minimum absolute atomic E-state index is 0.102. The van der Waals surface area contributed by atoms with Gasteiger partial charge in [0.1, 0.15) is 0 Å². The molecule has 0 amide bonds. The van der Waals surface area contributed by atoms with E-state index < -0.39 is 24.3 Å². The molecule has 0 unspecified atom stereocenters. The van der Waals surface area contributed by atoms with Crippen LogP contribution in [-0.4, -0.2) is 53.8 Å². The summed E-state index contributed by atoms with van der Waals surface area (Å²) in [7, 11) is -4.41. The highest BCUT2D eigenvalue weighted by Gasteiger charge is 2.36. The Kier molecular flexibility index (Phi) is 9.50. The molecule has 166 valence electrons. The van der Waals surface area contributed by atoms with Gasteiger partial charge in [0.15, 0.2) is 8.32 Å². The maximum absolute atomic E-state index is 13.0. The van der Waals surface area contributed by atoms with Crippen LogP contribution in [0.5, 0.6) is 0 Å². The molecule has 0 aromatic heterocycles. The fraction of sp³-hybridized carbons (Fsp3) is 0.500. The Morgan fingerprint density at radius 3 is 2.30 bits per heavy atom. The van der Waals surface area contributed by atoms with E-state index in [2.05, 4.69) is 50.4 Å². The smallest absolute Gasteiger partial charge is 0.384 e. The zero-order chi connectivity index (χ0) is 23.0. The lowest BCUT2D eigenvalue weighted by atomic mass is 10.2. The molecule has 30 heavy (non-hydrogen) atoms. The van der Waals surface area contributed by atoms with Gasteiger partial charge in [-0.25, -0.2) is 13.2 Å². The zero-order valence-corrected chi connectivity index (χ0v) is 20.8. The van der Waals surface area contributed by atoms with Gasteiger partial charge in [-0.3, -0.25) is 0 Å². The molecule has 0 bridgehead atoms. The van der Waals surface area contributed by atoms with E-state index in [1.807, 2.05) is 13.0 Å². The predicted molar refractivity (Wildman–Crippen MR) is 122 cm³/mol. The number of esters is 1. The zero-order valence-electron chi connectivity index (χ0n) is 19.0. The van der Waals surface area contributed by atoms with Crippen LogP contribution in [-0.2, 0) is 24.0 Å². The second-order valence-corrected chi connectivity index (χ2v) is 15.2. The maximum Gasteiger partial charge on any atom is 0.384 e. The van der Waals surface area contributed by atoms with Crippen molar-refractivity contribution in [3.05, 3.63) is 42.0 Å². The number of hydrogen-bond donors (Lipinski definition) is 0. The van der Waals surface area contributed by atoms with Crippen LogP contribution in [0.4, 0.5) is 0 Å². The fourth-order valence-corrected chi connectivity index (χ4v) is 4.33. The van der Waals surface area contributed by atoms with Crippen LogP contribution in [0.1, 0.15) is 26.3 Å². The molecule has 0 saturated heterocycles. The van der Waals surface area contributed by atoms with Crippen molar-refractivity contribution in [2.75, 3.05) is 26.8 Å². The Bertz CT molecular complexity index is 904. The quantitative estimate of drug-likeness (QED) is 0.198. The highest BCUT2D eigenvalue weighted by molar-refractivity contribution is 7.89. The first-order valence-corrected chi connectivity index (χ1v) is 14.1. The van der Waals surface area contributed by atoms with E-state index in [4.69, 9.17) is 4.43 Å². The standard InChI is InChI=1S/C22H33NO5SSi/c1-19-12-14-20(15-13-19)29(25,26)23(17-10-11-21(24)27-5)16-8-9-18-28-30(6,7)22(2,3)4/h8-9,12-15H,16-18H2,1-7H3/b9-8-. The number of aryl methyl sites for hydroxylation is 1. The summed E-state index contributed by atoms with van der Waals surface area (Å²) >= 11 is 0. The van der Waals surface area contributed by atoms with Crippen LogP contribution >= 0.6 is 0 Å². The molecule has 1 aromatic rings. The normalized spacial score (nSPS) is 12.7. The van der Waals surface area contributed by atoms with Gasteiger partial charge in [0.05, 0.1) is 25.2 Å². The Morgan fingerprint density at radius 1 is 1.17 bits per heavy atom. The van der Waals surface area contributed by atoms with Crippen LogP contribution in [0.3, 0.4) is 0 Å². The fourth-order valence-electron chi connectivity index (χ4n) is 2.09. The van der Waals surface area contributed by atoms with Crippen molar-refractivity contribution in [1.82, 2.24) is 4.31 Å². The van der Waals surface area contributed by atoms with Crippen LogP contribution in [0.2, 0.25) is 18.1 Å². The third-order valence-electron chi connectivity index (χ3n) is 5.11. The highest BCUT2D eigenvalue weighted by atomic mass is 32.2. The van der Waals surface area contributed by atoms with Crippen molar-refractivity contribution in [2.45, 2.75) is 50.7 Å². The lowest BCUT2D eigenvalue weighted by Gasteiger charge is -2.35. The number of nitrogens with zero attached hydrogens (tertiary/aromatic N) is 1. The summed E-state index contributed by atoms with van der Waals surface area (Å²) < 4.78 is 37.8. The lowest BCUT2D eigenvalue weighted by molar-refractivity contribution is -0.133. The second-order valence-electron chi connectivity index (χ2n) is 8.45. The number of carbonyl (C=O) groups is 1. The molecule has 0 spiro atoms. The maximum atomic E-state index is 13.0. The van der Waals surface area contributed by atoms with Crippen LogP contribution in [0.25, 0.3) is 0 Å². The van der Waals surface area contributed by atoms with E-state index >= 15 is 0 Å². The molecule has 0 atom stereocenters. The Hall–Kier alpha value is -1.92. The number of ether oxygens (including phenoxy) is 1. The summed E-state index contributed by atoms with van der Waals surface area (Å²) in [6.07, 6.45) is 3.57. The van der Waals surface area contributed by atoms with Gasteiger partial charge >= 0.3 is 5.97 Å². The minimum Gasteiger partial charge on any atom is -0.459 e. The van der Waals surface area contributed by atoms with Crippen LogP contribution in [0, 0.1) is 18.8 Å². The van der Waals surface area contributed by atoms with Gasteiger partial charge in [0, 0.05) is 12.5 Å². The largest absolute Gasteiger partial charge is 0.459 e. The van der Waals surface area contributed by atoms with Crippen molar-refractivity contribution in [2.24, 2.45) is 0 Å². The molecule has 0 N–H and O–H groups in total. The van der Waals surface area contributed by atoms with Crippen molar-refractivity contribution in [1.29, 1.82) is 0 Å². The van der Waals surface area contributed by atoms with Gasteiger partial charge in [-0.05, 0) is 37.2 Å². The molecule has 0 saturated carbocycles. The molecule has 6 nitrogen and oxygen atoms in total. The first-order valence-electron chi connectivity index (χ1n) is 9.74. The molecular weight excluding hydrogens is 418 g/mol. The first kappa shape index (κ1) is 26.1. The van der Waals surface area contributed by atoms with Gasteiger partial charge in [-0.15, -0.1) is 0 Å². The van der Waals surface area contributed by atoms with Gasteiger partial charge < -0.3 is 9.16 Å². The van der Waals surface area contributed by atoms with Crippen LogP contribution < -0.4 is 0 Å². The first-order chi connectivity index (χ1) is 13.8. The van der Waals surface area contributed by atoms with E-state index in [9.17, 15) is 13.2 Å². The third kappa shape index (κ3) is 7.72. The molecule has 0 radical (unpaired) electrons. The van der Waals surface area contributed by atoms with Gasteiger partial charge in [-0.1, -0.05) is 56.5 Å². The van der Waals surface area contributed by atoms with Gasteiger partial charge in [0.25, 0.3) is 0 Å². The summed E-state index contributed by atoms with van der Waals surface area (Å²) in [6, 6.07) is 6.62. The third-order valence-corrected chi connectivity index (χ3v) is 11.4.